The predicted molar refractivity (Wildman–Crippen MR) is 81.2 cm³/mol. The zero-order chi connectivity index (χ0) is 15.5. The van der Waals surface area contributed by atoms with Crippen LogP contribution in [0.1, 0.15) is 41.6 Å². The fourth-order valence-electron chi connectivity index (χ4n) is 2.07. The zero-order valence-electron chi connectivity index (χ0n) is 12.7. The van der Waals surface area contributed by atoms with Crippen molar-refractivity contribution < 1.29 is 14.2 Å². The van der Waals surface area contributed by atoms with Gasteiger partial charge in [0.2, 0.25) is 23.8 Å². The Kier molecular flexibility index (Phi) is 4.32. The molecule has 1 aromatic heterocycles. The lowest BCUT2D eigenvalue weighted by atomic mass is 9.88. The van der Waals surface area contributed by atoms with Crippen LogP contribution < -0.4 is 4.57 Å². The number of Topliss-reactive ketones (excluding diaryl/α,β-unsaturated/α-hetero) is 2. The van der Waals surface area contributed by atoms with E-state index in [0.717, 1.165) is 0 Å². The van der Waals surface area contributed by atoms with Gasteiger partial charge >= 0.3 is 0 Å². The lowest BCUT2D eigenvalue weighted by molar-refractivity contribution is -0.685. The van der Waals surface area contributed by atoms with Gasteiger partial charge in [-0.15, -0.1) is 0 Å². The summed E-state index contributed by atoms with van der Waals surface area (Å²) in [5.74, 6) is 0.0266. The van der Waals surface area contributed by atoms with E-state index in [4.69, 9.17) is 0 Å². The molecule has 3 nitrogen and oxygen atoms in total. The minimum absolute atomic E-state index is 0.00485. The highest BCUT2D eigenvalue weighted by Crippen LogP contribution is 2.18. The molecule has 2 aromatic rings. The number of pyridine rings is 1. The fourth-order valence-corrected chi connectivity index (χ4v) is 2.07. The summed E-state index contributed by atoms with van der Waals surface area (Å²) in [5, 5.41) is 0. The lowest BCUT2D eigenvalue weighted by Gasteiger charge is -2.14. The van der Waals surface area contributed by atoms with Crippen molar-refractivity contribution in [1.82, 2.24) is 0 Å². The molecule has 0 bridgehead atoms. The molecule has 2 rings (SSSR count). The average Bonchev–Trinajstić information content (AvgIpc) is 2.47. The minimum Gasteiger partial charge on any atom is -0.287 e. The fraction of sp³-hybridized carbons (Fsp3) is 0.278. The quantitative estimate of drug-likeness (QED) is 0.638. The van der Waals surface area contributed by atoms with Crippen LogP contribution in [0.4, 0.5) is 0 Å². The summed E-state index contributed by atoms with van der Waals surface area (Å²) in [6, 6.07) is 14.6. The van der Waals surface area contributed by atoms with Gasteiger partial charge in [-0.1, -0.05) is 51.1 Å². The van der Waals surface area contributed by atoms with Crippen molar-refractivity contribution in [3.63, 3.8) is 0 Å². The number of hydrogen-bond acceptors (Lipinski definition) is 2. The molecular formula is C18H20NO2+. The van der Waals surface area contributed by atoms with Crippen LogP contribution in [0.3, 0.4) is 0 Å². The van der Waals surface area contributed by atoms with Crippen LogP contribution in [-0.2, 0) is 6.54 Å². The Morgan fingerprint density at radius 2 is 1.57 bits per heavy atom. The van der Waals surface area contributed by atoms with E-state index in [-0.39, 0.29) is 18.1 Å². The van der Waals surface area contributed by atoms with Crippen molar-refractivity contribution in [3.8, 4) is 0 Å². The minimum atomic E-state index is -0.473. The van der Waals surface area contributed by atoms with Crippen molar-refractivity contribution in [2.75, 3.05) is 0 Å². The van der Waals surface area contributed by atoms with Gasteiger partial charge in [-0.2, -0.15) is 4.57 Å². The van der Waals surface area contributed by atoms with Crippen LogP contribution in [0.15, 0.2) is 54.7 Å². The van der Waals surface area contributed by atoms with Gasteiger partial charge in [-0.25, -0.2) is 0 Å². The van der Waals surface area contributed by atoms with E-state index in [1.165, 1.54) is 0 Å². The highest BCUT2D eigenvalue weighted by atomic mass is 16.1. The number of carbonyl (C=O) groups excluding carboxylic acids is 2. The third-order valence-electron chi connectivity index (χ3n) is 3.26. The molecule has 0 N–H and O–H groups in total. The molecule has 1 heterocycles. The van der Waals surface area contributed by atoms with Gasteiger partial charge in [0, 0.05) is 23.1 Å². The second-order valence-corrected chi connectivity index (χ2v) is 6.08. The summed E-state index contributed by atoms with van der Waals surface area (Å²) >= 11 is 0. The van der Waals surface area contributed by atoms with E-state index in [2.05, 4.69) is 0 Å². The van der Waals surface area contributed by atoms with E-state index >= 15 is 0 Å². The first kappa shape index (κ1) is 15.1. The monoisotopic (exact) mass is 282 g/mol. The highest BCUT2D eigenvalue weighted by molar-refractivity contribution is 5.98. The molecule has 0 fully saturated rings. The number of benzene rings is 1. The first-order valence-electron chi connectivity index (χ1n) is 7.01. The van der Waals surface area contributed by atoms with Gasteiger partial charge in [0.15, 0.2) is 6.20 Å². The summed E-state index contributed by atoms with van der Waals surface area (Å²) in [7, 11) is 0. The number of hydrogen-bond donors (Lipinski definition) is 0. The maximum Gasteiger partial charge on any atom is 0.249 e. The van der Waals surface area contributed by atoms with E-state index in [9.17, 15) is 9.59 Å². The number of ketones is 2. The topological polar surface area (TPSA) is 38.0 Å². The second kappa shape index (κ2) is 6.00. The van der Waals surface area contributed by atoms with Crippen LogP contribution in [0.2, 0.25) is 0 Å². The predicted octanol–water partition coefficient (Wildman–Crippen LogP) is 3.09. The summed E-state index contributed by atoms with van der Waals surface area (Å²) in [6.07, 6.45) is 1.78. The molecule has 1 aromatic carbocycles. The first-order valence-corrected chi connectivity index (χ1v) is 7.01. The number of carbonyl (C=O) groups is 2. The molecule has 108 valence electrons. The Morgan fingerprint density at radius 1 is 0.952 bits per heavy atom. The van der Waals surface area contributed by atoms with Gasteiger partial charge in [-0.3, -0.25) is 9.59 Å². The van der Waals surface area contributed by atoms with Crippen LogP contribution >= 0.6 is 0 Å². The van der Waals surface area contributed by atoms with E-state index < -0.39 is 5.41 Å². The first-order chi connectivity index (χ1) is 9.89. The molecule has 0 amide bonds. The van der Waals surface area contributed by atoms with Crippen molar-refractivity contribution in [3.05, 3.63) is 66.0 Å². The third-order valence-corrected chi connectivity index (χ3v) is 3.26. The summed E-state index contributed by atoms with van der Waals surface area (Å²) in [4.78, 5) is 24.8. The molecule has 3 heteroatoms. The van der Waals surface area contributed by atoms with Crippen LogP contribution in [0.25, 0.3) is 0 Å². The second-order valence-electron chi connectivity index (χ2n) is 6.08. The largest absolute Gasteiger partial charge is 0.287 e. The molecule has 0 saturated heterocycles. The number of nitrogens with zero attached hydrogens (tertiary/aromatic N) is 1. The van der Waals surface area contributed by atoms with Gasteiger partial charge < -0.3 is 0 Å². The molecule has 0 aliphatic rings. The van der Waals surface area contributed by atoms with Crippen molar-refractivity contribution in [2.24, 2.45) is 5.41 Å². The number of rotatable bonds is 4. The van der Waals surface area contributed by atoms with E-state index in [1.807, 2.05) is 51.1 Å². The van der Waals surface area contributed by atoms with Crippen LogP contribution in [-0.4, -0.2) is 11.6 Å². The third kappa shape index (κ3) is 3.63. The summed E-state index contributed by atoms with van der Waals surface area (Å²) in [5.41, 5.74) is 0.746. The molecule has 0 radical (unpaired) electrons. The van der Waals surface area contributed by atoms with Gasteiger partial charge in [0.1, 0.15) is 0 Å². The Balaban J connectivity index is 2.30. The maximum atomic E-state index is 12.5. The summed E-state index contributed by atoms with van der Waals surface area (Å²) < 4.78 is 1.73. The normalized spacial score (nSPS) is 11.2. The molecule has 21 heavy (non-hydrogen) atoms. The molecule has 0 unspecified atom stereocenters. The van der Waals surface area contributed by atoms with Crippen molar-refractivity contribution in [1.29, 1.82) is 0 Å². The molecule has 0 aliphatic carbocycles. The zero-order valence-corrected chi connectivity index (χ0v) is 12.7. The molecule has 0 spiro atoms. The molecular weight excluding hydrogens is 262 g/mol. The number of aromatic nitrogens is 1. The molecule has 0 saturated carbocycles. The van der Waals surface area contributed by atoms with Gasteiger partial charge in [0.25, 0.3) is 0 Å². The maximum absolute atomic E-state index is 12.5. The van der Waals surface area contributed by atoms with Gasteiger partial charge in [0.05, 0.1) is 0 Å². The van der Waals surface area contributed by atoms with Crippen LogP contribution in [0, 0.1) is 5.41 Å². The van der Waals surface area contributed by atoms with E-state index in [1.54, 1.807) is 29.0 Å². The lowest BCUT2D eigenvalue weighted by Crippen LogP contribution is -2.45. The average molecular weight is 282 g/mol. The van der Waals surface area contributed by atoms with Crippen molar-refractivity contribution >= 4 is 11.6 Å². The molecule has 0 aliphatic heterocycles. The Labute approximate surface area is 125 Å². The van der Waals surface area contributed by atoms with Gasteiger partial charge in [-0.05, 0) is 6.07 Å². The van der Waals surface area contributed by atoms with Crippen LogP contribution in [0.5, 0.6) is 0 Å². The Morgan fingerprint density at radius 3 is 2.19 bits per heavy atom. The highest BCUT2D eigenvalue weighted by Gasteiger charge is 2.30. The SMILES string of the molecule is CC(C)(C)C(=O)c1cccc[n+]1CC(=O)c1ccccc1. The Hall–Kier alpha value is -2.29. The van der Waals surface area contributed by atoms with E-state index in [0.29, 0.717) is 11.3 Å². The molecule has 0 atom stereocenters. The summed E-state index contributed by atoms with van der Waals surface area (Å²) in [6.45, 7) is 5.81. The van der Waals surface area contributed by atoms with Crippen molar-refractivity contribution in [2.45, 2.75) is 27.3 Å². The Bertz CT molecular complexity index is 654. The standard InChI is InChI=1S/C18H20NO2/c1-18(2,3)17(21)15-11-7-8-12-19(15)13-16(20)14-9-5-4-6-10-14/h4-12H,13H2,1-3H3/q+1. The smallest absolute Gasteiger partial charge is 0.249 e.